The van der Waals surface area contributed by atoms with Gasteiger partial charge >= 0.3 is 12.1 Å². The molecule has 0 unspecified atom stereocenters. The molecule has 1 N–H and O–H groups in total. The summed E-state index contributed by atoms with van der Waals surface area (Å²) in [7, 11) is 0. The van der Waals surface area contributed by atoms with Crippen LogP contribution in [0, 0.1) is 13.8 Å². The van der Waals surface area contributed by atoms with Gasteiger partial charge in [0, 0.05) is 17.1 Å². The summed E-state index contributed by atoms with van der Waals surface area (Å²) >= 11 is 1.33. The van der Waals surface area contributed by atoms with Gasteiger partial charge in [0.05, 0.1) is 5.56 Å². The van der Waals surface area contributed by atoms with Crippen molar-refractivity contribution in [3.8, 4) is 0 Å². The molecule has 28 heavy (non-hydrogen) atoms. The normalized spacial score (nSPS) is 11.2. The molecule has 0 bridgehead atoms. The van der Waals surface area contributed by atoms with E-state index in [4.69, 9.17) is 4.74 Å². The molecule has 0 atom stereocenters. The fourth-order valence-corrected chi connectivity index (χ4v) is 3.16. The van der Waals surface area contributed by atoms with Crippen LogP contribution in [0.4, 0.5) is 13.2 Å². The number of thioether (sulfide) groups is 1. The lowest BCUT2D eigenvalue weighted by atomic mass is 10.1. The Kier molecular flexibility index (Phi) is 7.38. The van der Waals surface area contributed by atoms with E-state index in [-0.39, 0.29) is 5.56 Å². The first kappa shape index (κ1) is 21.7. The van der Waals surface area contributed by atoms with E-state index < -0.39 is 31.2 Å². The number of hydrogen-bond acceptors (Lipinski definition) is 6. The third-order valence-corrected chi connectivity index (χ3v) is 4.27. The first-order chi connectivity index (χ1) is 13.1. The summed E-state index contributed by atoms with van der Waals surface area (Å²) in [6, 6.07) is 8.45. The molecule has 0 fully saturated rings. The van der Waals surface area contributed by atoms with E-state index in [1.807, 2.05) is 19.9 Å². The van der Waals surface area contributed by atoms with Gasteiger partial charge in [0.15, 0.2) is 11.8 Å². The average molecular weight is 413 g/mol. The number of esters is 1. The summed E-state index contributed by atoms with van der Waals surface area (Å²) < 4.78 is 41.0. The summed E-state index contributed by atoms with van der Waals surface area (Å²) in [5.74, 6) is -1.44. The highest BCUT2D eigenvalue weighted by molar-refractivity contribution is 7.98. The molecular weight excluding hydrogens is 395 g/mol. The van der Waals surface area contributed by atoms with Crippen LogP contribution in [0.25, 0.3) is 0 Å². The van der Waals surface area contributed by atoms with Gasteiger partial charge in [0.25, 0.3) is 5.91 Å². The zero-order valence-corrected chi connectivity index (χ0v) is 16.0. The predicted octanol–water partition coefficient (Wildman–Crippen LogP) is 3.22. The van der Waals surface area contributed by atoms with Gasteiger partial charge in [0.2, 0.25) is 0 Å². The number of carbonyl (C=O) groups is 2. The van der Waals surface area contributed by atoms with Gasteiger partial charge < -0.3 is 10.1 Å². The van der Waals surface area contributed by atoms with Crippen LogP contribution in [0.3, 0.4) is 0 Å². The van der Waals surface area contributed by atoms with Gasteiger partial charge in [0.1, 0.15) is 6.54 Å². The van der Waals surface area contributed by atoms with Crippen LogP contribution in [-0.2, 0) is 15.3 Å². The molecule has 0 aliphatic carbocycles. The Morgan fingerprint density at radius 3 is 2.43 bits per heavy atom. The highest BCUT2D eigenvalue weighted by atomic mass is 32.2. The number of nitrogens with zero attached hydrogens (tertiary/aromatic N) is 2. The lowest BCUT2D eigenvalue weighted by Crippen LogP contribution is -2.36. The zero-order chi connectivity index (χ0) is 20.7. The Balaban J connectivity index is 1.96. The standard InChI is InChI=1S/C18H18F3N3O3S/c1-11-7-12(2)24-17(23-11)28-9-13-5-3-4-6-14(13)16(26)27-8-15(25)22-10-18(19,20)21/h3-7H,8-10H2,1-2H3,(H,22,25). The smallest absolute Gasteiger partial charge is 0.405 e. The van der Waals surface area contributed by atoms with E-state index in [9.17, 15) is 22.8 Å². The quantitative estimate of drug-likeness (QED) is 0.427. The Morgan fingerprint density at radius 1 is 1.14 bits per heavy atom. The molecule has 1 amide bonds. The molecule has 1 heterocycles. The van der Waals surface area contributed by atoms with Crippen LogP contribution in [0.1, 0.15) is 27.3 Å². The molecule has 1 aromatic carbocycles. The topological polar surface area (TPSA) is 81.2 Å². The van der Waals surface area contributed by atoms with Crippen LogP contribution in [0.15, 0.2) is 35.5 Å². The maximum atomic E-state index is 12.2. The highest BCUT2D eigenvalue weighted by Gasteiger charge is 2.27. The van der Waals surface area contributed by atoms with Crippen molar-refractivity contribution >= 4 is 23.6 Å². The Labute approximate surface area is 163 Å². The summed E-state index contributed by atoms with van der Waals surface area (Å²) in [4.78, 5) is 32.2. The molecule has 1 aromatic heterocycles. The third-order valence-electron chi connectivity index (χ3n) is 3.38. The largest absolute Gasteiger partial charge is 0.452 e. The Hall–Kier alpha value is -2.62. The van der Waals surface area contributed by atoms with Gasteiger partial charge in [-0.3, -0.25) is 4.79 Å². The molecule has 0 spiro atoms. The van der Waals surface area contributed by atoms with E-state index in [0.29, 0.717) is 16.5 Å². The minimum Gasteiger partial charge on any atom is -0.452 e. The first-order valence-corrected chi connectivity index (χ1v) is 9.16. The van der Waals surface area contributed by atoms with Crippen molar-refractivity contribution in [2.24, 2.45) is 0 Å². The number of halogens is 3. The summed E-state index contributed by atoms with van der Waals surface area (Å²) in [5, 5.41) is 2.20. The van der Waals surface area contributed by atoms with Crippen LogP contribution in [0.2, 0.25) is 0 Å². The van der Waals surface area contributed by atoms with Crippen molar-refractivity contribution in [3.05, 3.63) is 52.8 Å². The minimum atomic E-state index is -4.53. The van der Waals surface area contributed by atoms with Crippen molar-refractivity contribution in [1.29, 1.82) is 0 Å². The highest BCUT2D eigenvalue weighted by Crippen LogP contribution is 2.22. The van der Waals surface area contributed by atoms with Gasteiger partial charge in [-0.1, -0.05) is 30.0 Å². The van der Waals surface area contributed by atoms with Crippen LogP contribution >= 0.6 is 11.8 Å². The van der Waals surface area contributed by atoms with E-state index in [0.717, 1.165) is 11.4 Å². The van der Waals surface area contributed by atoms with Gasteiger partial charge in [-0.15, -0.1) is 0 Å². The van der Waals surface area contributed by atoms with Crippen LogP contribution in [-0.4, -0.2) is 41.2 Å². The number of nitrogens with one attached hydrogen (secondary N) is 1. The number of ether oxygens (including phenoxy) is 1. The monoisotopic (exact) mass is 413 g/mol. The number of alkyl halides is 3. The molecular formula is C18H18F3N3O3S. The van der Waals surface area contributed by atoms with E-state index >= 15 is 0 Å². The SMILES string of the molecule is Cc1cc(C)nc(SCc2ccccc2C(=O)OCC(=O)NCC(F)(F)F)n1. The van der Waals surface area contributed by atoms with E-state index in [1.54, 1.807) is 23.5 Å². The lowest BCUT2D eigenvalue weighted by molar-refractivity contribution is -0.140. The van der Waals surface area contributed by atoms with Gasteiger partial charge in [-0.25, -0.2) is 14.8 Å². The molecule has 2 rings (SSSR count). The minimum absolute atomic E-state index is 0.225. The van der Waals surface area contributed by atoms with E-state index in [1.165, 1.54) is 17.8 Å². The molecule has 0 radical (unpaired) electrons. The lowest BCUT2D eigenvalue weighted by Gasteiger charge is -2.11. The average Bonchev–Trinajstić information content (AvgIpc) is 2.61. The fraction of sp³-hybridized carbons (Fsp3) is 0.333. The van der Waals surface area contributed by atoms with Gasteiger partial charge in [-0.2, -0.15) is 13.2 Å². The number of amides is 1. The second kappa shape index (κ2) is 9.54. The zero-order valence-electron chi connectivity index (χ0n) is 15.2. The molecule has 0 saturated carbocycles. The van der Waals surface area contributed by atoms with E-state index in [2.05, 4.69) is 9.97 Å². The summed E-state index contributed by atoms with van der Waals surface area (Å²) in [6.07, 6.45) is -4.53. The molecule has 10 heteroatoms. The van der Waals surface area contributed by atoms with Crippen molar-refractivity contribution in [3.63, 3.8) is 0 Å². The fourth-order valence-electron chi connectivity index (χ4n) is 2.20. The maximum absolute atomic E-state index is 12.2. The number of benzene rings is 1. The maximum Gasteiger partial charge on any atom is 0.405 e. The molecule has 150 valence electrons. The first-order valence-electron chi connectivity index (χ1n) is 8.17. The predicted molar refractivity (Wildman–Crippen MR) is 96.9 cm³/mol. The number of aryl methyl sites for hydroxylation is 2. The molecule has 2 aromatic rings. The van der Waals surface area contributed by atoms with Crippen molar-refractivity contribution in [2.45, 2.75) is 30.9 Å². The molecule has 6 nitrogen and oxygen atoms in total. The number of rotatable bonds is 7. The molecule has 0 aliphatic heterocycles. The van der Waals surface area contributed by atoms with Crippen LogP contribution < -0.4 is 5.32 Å². The number of aromatic nitrogens is 2. The molecule has 0 saturated heterocycles. The van der Waals surface area contributed by atoms with Gasteiger partial charge in [-0.05, 0) is 31.5 Å². The summed E-state index contributed by atoms with van der Waals surface area (Å²) in [5.41, 5.74) is 2.51. The number of hydrogen-bond donors (Lipinski definition) is 1. The third kappa shape index (κ3) is 7.18. The molecule has 0 aliphatic rings. The van der Waals surface area contributed by atoms with Crippen molar-refractivity contribution in [1.82, 2.24) is 15.3 Å². The Morgan fingerprint density at radius 2 is 1.79 bits per heavy atom. The van der Waals surface area contributed by atoms with Crippen LogP contribution in [0.5, 0.6) is 0 Å². The number of carbonyl (C=O) groups excluding carboxylic acids is 2. The van der Waals surface area contributed by atoms with Crippen molar-refractivity contribution in [2.75, 3.05) is 13.2 Å². The second-order valence-electron chi connectivity index (χ2n) is 5.85. The Bertz CT molecular complexity index is 839. The summed E-state index contributed by atoms with van der Waals surface area (Å²) in [6.45, 7) is 1.44. The second-order valence-corrected chi connectivity index (χ2v) is 6.79. The van der Waals surface area contributed by atoms with Crippen molar-refractivity contribution < 1.29 is 27.5 Å².